The van der Waals surface area contributed by atoms with E-state index >= 15 is 0 Å². The molecule has 0 saturated heterocycles. The van der Waals surface area contributed by atoms with Crippen molar-refractivity contribution < 1.29 is 23.9 Å². The Morgan fingerprint density at radius 2 is 1.69 bits per heavy atom. The van der Waals surface area contributed by atoms with Crippen LogP contribution in [0.15, 0.2) is 0 Å². The van der Waals surface area contributed by atoms with Crippen LogP contribution in [-0.4, -0.2) is 55.9 Å². The molecule has 0 spiro atoms. The van der Waals surface area contributed by atoms with Crippen molar-refractivity contribution in [3.05, 3.63) is 0 Å². The molecule has 0 N–H and O–H groups in total. The number of carbonyl (C=O) groups is 3. The number of hydrogen-bond acceptors (Lipinski definition) is 5. The summed E-state index contributed by atoms with van der Waals surface area (Å²) in [6, 6.07) is 0. The molecule has 0 aromatic rings. The highest BCUT2D eigenvalue weighted by Crippen LogP contribution is 1.97. The molecule has 0 atom stereocenters. The molecular weight excluding hydrogens is 238 g/mol. The molecule has 7 heteroatoms. The molecule has 0 saturated carbocycles. The highest BCUT2D eigenvalue weighted by molar-refractivity contribution is 6.27. The largest absolute Gasteiger partial charge is 0.469 e. The average Bonchev–Trinajstić information content (AvgIpc) is 2.32. The van der Waals surface area contributed by atoms with Crippen LogP contribution >= 0.6 is 11.6 Å². The van der Waals surface area contributed by atoms with Gasteiger partial charge in [0.2, 0.25) is 5.91 Å². The van der Waals surface area contributed by atoms with E-state index in [1.165, 1.54) is 14.2 Å². The Bertz CT molecular complexity index is 269. The Morgan fingerprint density at radius 3 is 2.12 bits per heavy atom. The first-order valence-electron chi connectivity index (χ1n) is 4.52. The minimum Gasteiger partial charge on any atom is -0.469 e. The standard InChI is InChI=1S/C9H14ClNO5/c1-15-8(13)3-4-11(7(12)5-10)6-9(14)16-2/h3-6H2,1-2H3. The maximum Gasteiger partial charge on any atom is 0.325 e. The Labute approximate surface area is 98.4 Å². The van der Waals surface area contributed by atoms with Crippen LogP contribution < -0.4 is 0 Å². The van der Waals surface area contributed by atoms with Gasteiger partial charge >= 0.3 is 11.9 Å². The molecule has 1 amide bonds. The monoisotopic (exact) mass is 251 g/mol. The number of ether oxygens (including phenoxy) is 2. The molecule has 0 rings (SSSR count). The number of esters is 2. The molecule has 0 fully saturated rings. The van der Waals surface area contributed by atoms with Gasteiger partial charge in [-0.05, 0) is 0 Å². The van der Waals surface area contributed by atoms with E-state index in [4.69, 9.17) is 11.6 Å². The zero-order chi connectivity index (χ0) is 12.6. The summed E-state index contributed by atoms with van der Waals surface area (Å²) in [5, 5.41) is 0. The van der Waals surface area contributed by atoms with E-state index in [0.717, 1.165) is 4.90 Å². The van der Waals surface area contributed by atoms with Crippen molar-refractivity contribution in [2.24, 2.45) is 0 Å². The number of rotatable bonds is 6. The van der Waals surface area contributed by atoms with Gasteiger partial charge in [-0.1, -0.05) is 0 Å². The number of halogens is 1. The van der Waals surface area contributed by atoms with Gasteiger partial charge in [0.05, 0.1) is 20.6 Å². The topological polar surface area (TPSA) is 72.9 Å². The maximum atomic E-state index is 11.3. The summed E-state index contributed by atoms with van der Waals surface area (Å²) in [4.78, 5) is 34.3. The van der Waals surface area contributed by atoms with E-state index in [1.54, 1.807) is 0 Å². The first-order valence-corrected chi connectivity index (χ1v) is 5.06. The van der Waals surface area contributed by atoms with Crippen molar-refractivity contribution in [1.82, 2.24) is 4.90 Å². The molecule has 0 aliphatic carbocycles. The van der Waals surface area contributed by atoms with Crippen molar-refractivity contribution in [1.29, 1.82) is 0 Å². The zero-order valence-electron chi connectivity index (χ0n) is 9.19. The second kappa shape index (κ2) is 7.92. The van der Waals surface area contributed by atoms with Crippen LogP contribution in [-0.2, 0) is 23.9 Å². The number of carbonyl (C=O) groups excluding carboxylic acids is 3. The molecular formula is C9H14ClNO5. The van der Waals surface area contributed by atoms with Crippen molar-refractivity contribution in [3.8, 4) is 0 Å². The molecule has 92 valence electrons. The lowest BCUT2D eigenvalue weighted by atomic mass is 10.3. The highest BCUT2D eigenvalue weighted by atomic mass is 35.5. The first-order chi connectivity index (χ1) is 7.54. The van der Waals surface area contributed by atoms with Crippen molar-refractivity contribution in [3.63, 3.8) is 0 Å². The molecule has 0 aromatic carbocycles. The van der Waals surface area contributed by atoms with E-state index in [0.29, 0.717) is 0 Å². The van der Waals surface area contributed by atoms with Crippen LogP contribution in [0.25, 0.3) is 0 Å². The molecule has 6 nitrogen and oxygen atoms in total. The van der Waals surface area contributed by atoms with Crippen LogP contribution in [0.1, 0.15) is 6.42 Å². The molecule has 0 aliphatic rings. The molecule has 0 unspecified atom stereocenters. The third-order valence-electron chi connectivity index (χ3n) is 1.83. The Kier molecular flexibility index (Phi) is 7.28. The van der Waals surface area contributed by atoms with Gasteiger partial charge in [0, 0.05) is 6.54 Å². The van der Waals surface area contributed by atoms with Crippen LogP contribution in [0, 0.1) is 0 Å². The Hall–Kier alpha value is -1.30. The summed E-state index contributed by atoms with van der Waals surface area (Å²) in [5.41, 5.74) is 0. The predicted molar refractivity (Wildman–Crippen MR) is 55.9 cm³/mol. The number of alkyl halides is 1. The third kappa shape index (κ3) is 5.55. The molecule has 0 radical (unpaired) electrons. The second-order valence-corrected chi connectivity index (χ2v) is 3.12. The van der Waals surface area contributed by atoms with Gasteiger partial charge in [-0.2, -0.15) is 0 Å². The van der Waals surface area contributed by atoms with E-state index in [-0.39, 0.29) is 25.4 Å². The summed E-state index contributed by atoms with van der Waals surface area (Å²) < 4.78 is 8.84. The zero-order valence-corrected chi connectivity index (χ0v) is 9.95. The third-order valence-corrected chi connectivity index (χ3v) is 2.06. The van der Waals surface area contributed by atoms with Crippen LogP contribution in [0.5, 0.6) is 0 Å². The highest BCUT2D eigenvalue weighted by Gasteiger charge is 2.17. The van der Waals surface area contributed by atoms with Gasteiger partial charge in [-0.3, -0.25) is 14.4 Å². The first kappa shape index (κ1) is 14.7. The molecule has 0 aromatic heterocycles. The van der Waals surface area contributed by atoms with Crippen molar-refractivity contribution in [2.75, 3.05) is 33.2 Å². The van der Waals surface area contributed by atoms with Crippen LogP contribution in [0.2, 0.25) is 0 Å². The predicted octanol–water partition coefficient (Wildman–Crippen LogP) is -0.210. The minimum atomic E-state index is -0.566. The SMILES string of the molecule is COC(=O)CCN(CC(=O)OC)C(=O)CCl. The van der Waals surface area contributed by atoms with E-state index in [1.807, 2.05) is 0 Å². The second-order valence-electron chi connectivity index (χ2n) is 2.85. The van der Waals surface area contributed by atoms with Gasteiger partial charge in [0.15, 0.2) is 0 Å². The van der Waals surface area contributed by atoms with Gasteiger partial charge in [-0.25, -0.2) is 0 Å². The smallest absolute Gasteiger partial charge is 0.325 e. The molecule has 0 heterocycles. The normalized spacial score (nSPS) is 9.44. The average molecular weight is 252 g/mol. The quantitative estimate of drug-likeness (QED) is 0.482. The maximum absolute atomic E-state index is 11.3. The summed E-state index contributed by atoms with van der Waals surface area (Å²) >= 11 is 5.36. The Morgan fingerprint density at radius 1 is 1.12 bits per heavy atom. The van der Waals surface area contributed by atoms with Crippen LogP contribution in [0.3, 0.4) is 0 Å². The van der Waals surface area contributed by atoms with E-state index < -0.39 is 17.8 Å². The summed E-state index contributed by atoms with van der Waals surface area (Å²) in [5.74, 6) is -1.71. The fourth-order valence-electron chi connectivity index (χ4n) is 0.925. The number of hydrogen-bond donors (Lipinski definition) is 0. The summed E-state index contributed by atoms with van der Waals surface area (Å²) in [6.07, 6.45) is 0.0100. The van der Waals surface area contributed by atoms with Gasteiger partial charge in [0.1, 0.15) is 12.4 Å². The lowest BCUT2D eigenvalue weighted by Crippen LogP contribution is -2.38. The molecule has 16 heavy (non-hydrogen) atoms. The number of amides is 1. The van der Waals surface area contributed by atoms with Crippen molar-refractivity contribution in [2.45, 2.75) is 6.42 Å². The Balaban J connectivity index is 4.26. The van der Waals surface area contributed by atoms with Gasteiger partial charge in [0.25, 0.3) is 0 Å². The van der Waals surface area contributed by atoms with E-state index in [2.05, 4.69) is 9.47 Å². The van der Waals surface area contributed by atoms with Gasteiger partial charge < -0.3 is 14.4 Å². The molecule has 0 bridgehead atoms. The van der Waals surface area contributed by atoms with E-state index in [9.17, 15) is 14.4 Å². The number of nitrogens with zero attached hydrogens (tertiary/aromatic N) is 1. The fourth-order valence-corrected chi connectivity index (χ4v) is 1.09. The van der Waals surface area contributed by atoms with Gasteiger partial charge in [-0.15, -0.1) is 11.6 Å². The summed E-state index contributed by atoms with van der Waals surface area (Å²) in [6.45, 7) is -0.146. The minimum absolute atomic E-state index is 0.0100. The fraction of sp³-hybridized carbons (Fsp3) is 0.667. The van der Waals surface area contributed by atoms with Crippen molar-refractivity contribution >= 4 is 29.4 Å². The molecule has 0 aliphatic heterocycles. The summed E-state index contributed by atoms with van der Waals surface area (Å²) in [7, 11) is 2.46. The lowest BCUT2D eigenvalue weighted by Gasteiger charge is -2.19. The number of methoxy groups -OCH3 is 2. The van der Waals surface area contributed by atoms with Crippen LogP contribution in [0.4, 0.5) is 0 Å². The lowest BCUT2D eigenvalue weighted by molar-refractivity contribution is -0.148.